The molecule has 0 bridgehead atoms. The number of rotatable bonds is 4. The van der Waals surface area contributed by atoms with E-state index in [1.165, 1.54) is 23.9 Å². The zero-order chi connectivity index (χ0) is 28.2. The predicted molar refractivity (Wildman–Crippen MR) is 146 cm³/mol. The zero-order valence-electron chi connectivity index (χ0n) is 22.7. The van der Waals surface area contributed by atoms with Crippen LogP contribution in [-0.4, -0.2) is 43.5 Å². The van der Waals surface area contributed by atoms with Crippen molar-refractivity contribution in [1.82, 2.24) is 10.0 Å². The summed E-state index contributed by atoms with van der Waals surface area (Å²) in [6.07, 6.45) is 4.19. The van der Waals surface area contributed by atoms with E-state index in [4.69, 9.17) is 8.83 Å². The number of para-hydroxylation sites is 2. The van der Waals surface area contributed by atoms with Crippen LogP contribution in [0.1, 0.15) is 61.4 Å². The molecule has 206 valence electrons. The van der Waals surface area contributed by atoms with Gasteiger partial charge < -0.3 is 19.0 Å². The van der Waals surface area contributed by atoms with Crippen molar-refractivity contribution in [2.75, 3.05) is 0 Å². The number of nitrogens with zero attached hydrogens (tertiary/aromatic N) is 4. The van der Waals surface area contributed by atoms with Crippen LogP contribution in [0, 0.1) is 0 Å². The van der Waals surface area contributed by atoms with Gasteiger partial charge in [0, 0.05) is 57.3 Å². The third kappa shape index (κ3) is 6.30. The second kappa shape index (κ2) is 12.8. The third-order valence-corrected chi connectivity index (χ3v) is 6.64. The molecule has 2 aliphatic rings. The minimum atomic E-state index is -0.253. The smallest absolute Gasteiger partial charge is 0.240 e. The van der Waals surface area contributed by atoms with Crippen molar-refractivity contribution in [2.24, 2.45) is 10.2 Å². The average Bonchev–Trinajstić information content (AvgIpc) is 3.74. The van der Waals surface area contributed by atoms with E-state index in [0.717, 1.165) is 0 Å². The van der Waals surface area contributed by atoms with Crippen molar-refractivity contribution in [2.45, 2.75) is 38.8 Å². The molecule has 0 fully saturated rings. The number of hydrogen-bond donors (Lipinski definition) is 2. The Kier molecular flexibility index (Phi) is 9.19. The van der Waals surface area contributed by atoms with Crippen molar-refractivity contribution in [3.05, 3.63) is 108 Å². The Bertz CT molecular complexity index is 1450. The molecule has 0 spiro atoms. The van der Waals surface area contributed by atoms with E-state index >= 15 is 0 Å². The van der Waals surface area contributed by atoms with Crippen LogP contribution in [-0.2, 0) is 29.1 Å². The monoisotopic (exact) mass is 604 g/mol. The van der Waals surface area contributed by atoms with Crippen LogP contribution in [0.3, 0.4) is 0 Å². The first-order valence-corrected chi connectivity index (χ1v) is 12.7. The normalized spacial score (nSPS) is 17.7. The standard InChI is InChI=1S/2C15H14N2O3.Zn/c2*1-10(18)17-13(15-7-4-8-20-15)9-12(16-17)11-5-2-3-6-14(11)19;/h2*2-8,13,19H,9H2,1H3;. The number of carbonyl (C=O) groups is 2. The van der Waals surface area contributed by atoms with E-state index in [9.17, 15) is 19.8 Å². The number of aromatic hydroxyl groups is 2. The van der Waals surface area contributed by atoms with Gasteiger partial charge in [0.25, 0.3) is 0 Å². The van der Waals surface area contributed by atoms with Crippen LogP contribution in [0.15, 0.2) is 104 Å². The van der Waals surface area contributed by atoms with Gasteiger partial charge >= 0.3 is 0 Å². The number of phenolic OH excluding ortho intramolecular Hbond substituents is 2. The van der Waals surface area contributed by atoms with Gasteiger partial charge in [0.05, 0.1) is 23.9 Å². The molecule has 2 aromatic carbocycles. The number of carbonyl (C=O) groups excluding carboxylic acids is 2. The second-order valence-electron chi connectivity index (χ2n) is 9.33. The molecule has 0 saturated heterocycles. The molecule has 11 heteroatoms. The molecule has 2 aliphatic heterocycles. The van der Waals surface area contributed by atoms with Gasteiger partial charge in [-0.1, -0.05) is 24.3 Å². The first-order valence-electron chi connectivity index (χ1n) is 12.7. The maximum Gasteiger partial charge on any atom is 0.240 e. The summed E-state index contributed by atoms with van der Waals surface area (Å²) in [4.78, 5) is 23.5. The number of furan rings is 2. The molecule has 10 nitrogen and oxygen atoms in total. The number of phenols is 2. The maximum absolute atomic E-state index is 11.7. The van der Waals surface area contributed by atoms with Crippen LogP contribution in [0.25, 0.3) is 0 Å². The minimum Gasteiger partial charge on any atom is -0.507 e. The molecule has 0 aliphatic carbocycles. The van der Waals surface area contributed by atoms with E-state index < -0.39 is 0 Å². The molecule has 2 amide bonds. The molecule has 0 radical (unpaired) electrons. The maximum atomic E-state index is 11.7. The Balaban J connectivity index is 0.000000184. The third-order valence-electron chi connectivity index (χ3n) is 6.64. The fourth-order valence-electron chi connectivity index (χ4n) is 4.77. The molecule has 2 N–H and O–H groups in total. The van der Waals surface area contributed by atoms with Crippen LogP contribution in [0.2, 0.25) is 0 Å². The van der Waals surface area contributed by atoms with Crippen molar-refractivity contribution < 1.29 is 48.1 Å². The molecule has 41 heavy (non-hydrogen) atoms. The Hall–Kier alpha value is -4.50. The number of hydrogen-bond acceptors (Lipinski definition) is 8. The molecule has 6 rings (SSSR count). The zero-order valence-corrected chi connectivity index (χ0v) is 25.6. The molecular weight excluding hydrogens is 578 g/mol. The van der Waals surface area contributed by atoms with Crippen molar-refractivity contribution in [3.8, 4) is 11.5 Å². The average molecular weight is 606 g/mol. The first-order chi connectivity index (χ1) is 19.3. The fourth-order valence-corrected chi connectivity index (χ4v) is 4.77. The summed E-state index contributed by atoms with van der Waals surface area (Å²) < 4.78 is 10.8. The van der Waals surface area contributed by atoms with Crippen LogP contribution < -0.4 is 0 Å². The van der Waals surface area contributed by atoms with Crippen LogP contribution >= 0.6 is 0 Å². The number of benzene rings is 2. The second-order valence-corrected chi connectivity index (χ2v) is 9.33. The number of amides is 2. The Morgan fingerprint density at radius 1 is 0.683 bits per heavy atom. The Morgan fingerprint density at radius 2 is 1.07 bits per heavy atom. The van der Waals surface area contributed by atoms with Crippen molar-refractivity contribution in [3.63, 3.8) is 0 Å². The van der Waals surface area contributed by atoms with E-state index in [2.05, 4.69) is 10.2 Å². The van der Waals surface area contributed by atoms with Gasteiger partial charge in [-0.25, -0.2) is 10.0 Å². The fraction of sp³-hybridized carbons (Fsp3) is 0.200. The van der Waals surface area contributed by atoms with E-state index in [0.29, 0.717) is 46.9 Å². The Morgan fingerprint density at radius 3 is 1.39 bits per heavy atom. The molecular formula is C30H28N4O6Zn. The van der Waals surface area contributed by atoms with E-state index in [1.807, 2.05) is 24.3 Å². The SMILES string of the molecule is CC(=O)N1N=C(c2ccccc2O)CC1c1ccco1.CC(=O)N1N=C(c2ccccc2O)CC1c1ccco1.[Zn]. The van der Waals surface area contributed by atoms with Gasteiger partial charge in [0.1, 0.15) is 35.1 Å². The van der Waals surface area contributed by atoms with Gasteiger partial charge in [-0.3, -0.25) is 9.59 Å². The minimum absolute atomic E-state index is 0. The van der Waals surface area contributed by atoms with Gasteiger partial charge in [0.15, 0.2) is 0 Å². The number of hydrazone groups is 2. The molecule has 2 unspecified atom stereocenters. The van der Waals surface area contributed by atoms with Gasteiger partial charge in [0.2, 0.25) is 11.8 Å². The summed E-state index contributed by atoms with van der Waals surface area (Å²) in [6, 6.07) is 20.7. The predicted octanol–water partition coefficient (Wildman–Crippen LogP) is 5.36. The van der Waals surface area contributed by atoms with Gasteiger partial charge in [-0.05, 0) is 48.5 Å². The van der Waals surface area contributed by atoms with E-state index in [1.54, 1.807) is 61.1 Å². The first kappa shape index (κ1) is 29.5. The molecule has 2 aromatic heterocycles. The summed E-state index contributed by atoms with van der Waals surface area (Å²) in [6.45, 7) is 2.93. The summed E-state index contributed by atoms with van der Waals surface area (Å²) in [5, 5.41) is 31.3. The molecule has 4 heterocycles. The summed E-state index contributed by atoms with van der Waals surface area (Å²) >= 11 is 0. The summed E-state index contributed by atoms with van der Waals surface area (Å²) in [5.41, 5.74) is 2.65. The summed E-state index contributed by atoms with van der Waals surface area (Å²) in [5.74, 6) is 1.39. The summed E-state index contributed by atoms with van der Waals surface area (Å²) in [7, 11) is 0. The largest absolute Gasteiger partial charge is 0.507 e. The van der Waals surface area contributed by atoms with Crippen molar-refractivity contribution in [1.29, 1.82) is 0 Å². The topological polar surface area (TPSA) is 132 Å². The van der Waals surface area contributed by atoms with Crippen LogP contribution in [0.4, 0.5) is 0 Å². The van der Waals surface area contributed by atoms with E-state index in [-0.39, 0.29) is 54.9 Å². The quantitative estimate of drug-likeness (QED) is 0.301. The molecule has 2 atom stereocenters. The van der Waals surface area contributed by atoms with Crippen LogP contribution in [0.5, 0.6) is 11.5 Å². The molecule has 4 aromatic rings. The van der Waals surface area contributed by atoms with Gasteiger partial charge in [-0.2, -0.15) is 10.2 Å². The molecule has 0 saturated carbocycles. The van der Waals surface area contributed by atoms with Gasteiger partial charge in [-0.15, -0.1) is 0 Å². The Labute approximate surface area is 249 Å². The van der Waals surface area contributed by atoms with Crippen molar-refractivity contribution >= 4 is 23.2 Å².